The van der Waals surface area contributed by atoms with E-state index in [1.165, 1.54) is 18.1 Å². The summed E-state index contributed by atoms with van der Waals surface area (Å²) in [6.45, 7) is 5.83. The van der Waals surface area contributed by atoms with E-state index >= 15 is 0 Å². The van der Waals surface area contributed by atoms with Crippen LogP contribution in [0.15, 0.2) is 59.3 Å². The SMILES string of the molecule is C=CCN1C(=O)NC(c2ccc(OC)c(O)c2)C(c2nc(-c3ccc(OC)c(OC)c3)no2)=C1C. The number of hydrogen-bond acceptors (Lipinski definition) is 8. The number of hydrogen-bond donors (Lipinski definition) is 2. The summed E-state index contributed by atoms with van der Waals surface area (Å²) in [7, 11) is 4.57. The average Bonchev–Trinajstić information content (AvgIpc) is 3.35. The number of carbonyl (C=O) groups excluding carboxylic acids is 1. The molecule has 182 valence electrons. The monoisotopic (exact) mass is 478 g/mol. The zero-order valence-electron chi connectivity index (χ0n) is 19.9. The second-order valence-electron chi connectivity index (χ2n) is 7.71. The van der Waals surface area contributed by atoms with Crippen molar-refractivity contribution in [2.75, 3.05) is 27.9 Å². The summed E-state index contributed by atoms with van der Waals surface area (Å²) >= 11 is 0. The predicted molar refractivity (Wildman–Crippen MR) is 128 cm³/mol. The molecule has 2 aromatic carbocycles. The Labute approximate surface area is 202 Å². The summed E-state index contributed by atoms with van der Waals surface area (Å²) in [4.78, 5) is 19.0. The Bertz CT molecular complexity index is 1300. The Kier molecular flexibility index (Phi) is 6.63. The van der Waals surface area contributed by atoms with Crippen molar-refractivity contribution in [1.29, 1.82) is 0 Å². The third-order valence-electron chi connectivity index (χ3n) is 5.74. The number of methoxy groups -OCH3 is 3. The number of ether oxygens (including phenoxy) is 3. The van der Waals surface area contributed by atoms with E-state index in [0.717, 1.165) is 0 Å². The lowest BCUT2D eigenvalue weighted by molar-refractivity contribution is 0.209. The van der Waals surface area contributed by atoms with Crippen LogP contribution in [-0.4, -0.2) is 54.1 Å². The van der Waals surface area contributed by atoms with Crippen molar-refractivity contribution in [3.63, 3.8) is 0 Å². The van der Waals surface area contributed by atoms with E-state index in [1.54, 1.807) is 57.6 Å². The highest BCUT2D eigenvalue weighted by molar-refractivity contribution is 5.87. The Morgan fingerprint density at radius 3 is 2.49 bits per heavy atom. The van der Waals surface area contributed by atoms with Gasteiger partial charge in [-0.2, -0.15) is 4.98 Å². The van der Waals surface area contributed by atoms with Crippen LogP contribution in [0.25, 0.3) is 17.0 Å². The van der Waals surface area contributed by atoms with Crippen LogP contribution in [0.3, 0.4) is 0 Å². The van der Waals surface area contributed by atoms with Crippen LogP contribution >= 0.6 is 0 Å². The summed E-state index contributed by atoms with van der Waals surface area (Å²) in [6, 6.07) is 9.25. The molecule has 10 heteroatoms. The molecule has 2 N–H and O–H groups in total. The fraction of sp³-hybridized carbons (Fsp3) is 0.240. The number of phenolic OH excluding ortho intramolecular Hbond substituents is 1. The van der Waals surface area contributed by atoms with Crippen LogP contribution in [0, 0.1) is 0 Å². The van der Waals surface area contributed by atoms with E-state index in [4.69, 9.17) is 18.7 Å². The Balaban J connectivity index is 1.81. The molecular weight excluding hydrogens is 452 g/mol. The molecule has 0 bridgehead atoms. The highest BCUT2D eigenvalue weighted by Gasteiger charge is 2.35. The number of phenols is 1. The molecule has 1 aliphatic heterocycles. The molecule has 0 spiro atoms. The molecule has 0 saturated carbocycles. The maximum absolute atomic E-state index is 12.9. The molecule has 2 heterocycles. The summed E-state index contributed by atoms with van der Waals surface area (Å²) < 4.78 is 21.5. The van der Waals surface area contributed by atoms with Gasteiger partial charge in [0.1, 0.15) is 0 Å². The van der Waals surface area contributed by atoms with Gasteiger partial charge < -0.3 is 29.2 Å². The molecule has 10 nitrogen and oxygen atoms in total. The predicted octanol–water partition coefficient (Wildman–Crippen LogP) is 4.15. The average molecular weight is 479 g/mol. The molecule has 35 heavy (non-hydrogen) atoms. The quantitative estimate of drug-likeness (QED) is 0.464. The number of allylic oxidation sites excluding steroid dienone is 1. The summed E-state index contributed by atoms with van der Waals surface area (Å²) in [6.07, 6.45) is 1.63. The molecule has 0 radical (unpaired) electrons. The van der Waals surface area contributed by atoms with E-state index in [-0.39, 0.29) is 17.7 Å². The summed E-state index contributed by atoms with van der Waals surface area (Å²) in [5, 5.41) is 17.5. The number of aromatic nitrogens is 2. The Morgan fingerprint density at radius 1 is 1.11 bits per heavy atom. The summed E-state index contributed by atoms with van der Waals surface area (Å²) in [5.41, 5.74) is 2.50. The van der Waals surface area contributed by atoms with Gasteiger partial charge in [-0.1, -0.05) is 17.3 Å². The summed E-state index contributed by atoms with van der Waals surface area (Å²) in [5.74, 6) is 1.93. The Hall–Kier alpha value is -4.47. The first kappa shape index (κ1) is 23.7. The number of nitrogens with one attached hydrogen (secondary N) is 1. The van der Waals surface area contributed by atoms with Crippen LogP contribution in [0.4, 0.5) is 4.79 Å². The molecule has 1 unspecified atom stereocenters. The number of urea groups is 1. The number of nitrogens with zero attached hydrogens (tertiary/aromatic N) is 3. The minimum Gasteiger partial charge on any atom is -0.504 e. The third-order valence-corrected chi connectivity index (χ3v) is 5.74. The van der Waals surface area contributed by atoms with Crippen LogP contribution in [0.5, 0.6) is 23.0 Å². The smallest absolute Gasteiger partial charge is 0.322 e. The molecule has 0 fully saturated rings. The van der Waals surface area contributed by atoms with Crippen molar-refractivity contribution in [1.82, 2.24) is 20.4 Å². The van der Waals surface area contributed by atoms with Gasteiger partial charge in [-0.05, 0) is 42.8 Å². The van der Waals surface area contributed by atoms with Gasteiger partial charge in [-0.25, -0.2) is 4.79 Å². The number of benzene rings is 2. The van der Waals surface area contributed by atoms with Crippen LogP contribution in [-0.2, 0) is 0 Å². The Morgan fingerprint density at radius 2 is 1.83 bits per heavy atom. The lowest BCUT2D eigenvalue weighted by atomic mass is 9.94. The molecule has 4 rings (SSSR count). The maximum atomic E-state index is 12.9. The lowest BCUT2D eigenvalue weighted by Gasteiger charge is -2.34. The van der Waals surface area contributed by atoms with Gasteiger partial charge in [0, 0.05) is 17.8 Å². The number of aromatic hydroxyl groups is 1. The molecule has 0 aliphatic carbocycles. The van der Waals surface area contributed by atoms with Crippen LogP contribution in [0.2, 0.25) is 0 Å². The fourth-order valence-electron chi connectivity index (χ4n) is 3.97. The van der Waals surface area contributed by atoms with Gasteiger partial charge in [0.25, 0.3) is 5.89 Å². The van der Waals surface area contributed by atoms with Crippen molar-refractivity contribution in [2.24, 2.45) is 0 Å². The first-order valence-corrected chi connectivity index (χ1v) is 10.7. The number of rotatable bonds is 8. The number of amides is 2. The third kappa shape index (κ3) is 4.37. The lowest BCUT2D eigenvalue weighted by Crippen LogP contribution is -2.46. The van der Waals surface area contributed by atoms with E-state index in [1.807, 2.05) is 0 Å². The second kappa shape index (κ2) is 9.80. The van der Waals surface area contributed by atoms with Gasteiger partial charge in [0.05, 0.1) is 32.9 Å². The van der Waals surface area contributed by atoms with E-state index in [9.17, 15) is 9.90 Å². The molecule has 1 aromatic heterocycles. The number of carbonyl (C=O) groups is 1. The zero-order chi connectivity index (χ0) is 25.1. The van der Waals surface area contributed by atoms with Crippen molar-refractivity contribution in [3.05, 3.63) is 66.2 Å². The van der Waals surface area contributed by atoms with Crippen LogP contribution in [0.1, 0.15) is 24.4 Å². The molecule has 3 aromatic rings. The minimum absolute atomic E-state index is 0.0543. The van der Waals surface area contributed by atoms with Crippen molar-refractivity contribution in [2.45, 2.75) is 13.0 Å². The van der Waals surface area contributed by atoms with E-state index in [2.05, 4.69) is 22.0 Å². The molecule has 2 amide bonds. The van der Waals surface area contributed by atoms with E-state index in [0.29, 0.717) is 52.0 Å². The minimum atomic E-state index is -0.654. The molecular formula is C25H26N4O6. The van der Waals surface area contributed by atoms with Crippen LogP contribution < -0.4 is 19.5 Å². The van der Waals surface area contributed by atoms with Gasteiger partial charge in [-0.15, -0.1) is 6.58 Å². The topological polar surface area (TPSA) is 119 Å². The van der Waals surface area contributed by atoms with Crippen molar-refractivity contribution in [3.8, 4) is 34.4 Å². The van der Waals surface area contributed by atoms with Gasteiger partial charge in [0.2, 0.25) is 5.82 Å². The van der Waals surface area contributed by atoms with Gasteiger partial charge in [0.15, 0.2) is 23.0 Å². The molecule has 0 saturated heterocycles. The molecule has 1 aliphatic rings. The highest BCUT2D eigenvalue weighted by atomic mass is 16.5. The molecule has 1 atom stereocenters. The highest BCUT2D eigenvalue weighted by Crippen LogP contribution is 2.40. The van der Waals surface area contributed by atoms with Gasteiger partial charge in [-0.3, -0.25) is 4.90 Å². The zero-order valence-corrected chi connectivity index (χ0v) is 19.9. The van der Waals surface area contributed by atoms with Gasteiger partial charge >= 0.3 is 6.03 Å². The van der Waals surface area contributed by atoms with Crippen molar-refractivity contribution >= 4 is 11.6 Å². The normalized spacial score (nSPS) is 15.6. The van der Waals surface area contributed by atoms with E-state index < -0.39 is 6.04 Å². The van der Waals surface area contributed by atoms with Crippen molar-refractivity contribution < 1.29 is 28.6 Å². The first-order chi connectivity index (χ1) is 16.9. The maximum Gasteiger partial charge on any atom is 0.322 e. The standard InChI is InChI=1S/C25H26N4O6/c1-6-11-29-14(2)21(22(26-25(29)31)15-7-9-18(32-3)17(30)12-15)24-27-23(28-35-24)16-8-10-19(33-4)20(13-16)34-5/h6-10,12-13,22,30H,1,11H2,2-5H3,(H,26,31). The largest absolute Gasteiger partial charge is 0.504 e. The first-order valence-electron chi connectivity index (χ1n) is 10.7. The fourth-order valence-corrected chi connectivity index (χ4v) is 3.97. The second-order valence-corrected chi connectivity index (χ2v) is 7.71.